The molecule has 0 spiro atoms. The molecule has 0 aromatic heterocycles. The molecule has 1 amide bonds. The molecule has 0 heterocycles. The summed E-state index contributed by atoms with van der Waals surface area (Å²) in [5, 5.41) is 2.87. The van der Waals surface area contributed by atoms with Crippen LogP contribution in [0.25, 0.3) is 0 Å². The second kappa shape index (κ2) is 8.42. The number of carbonyl (C=O) groups excluding carboxylic acids is 1. The zero-order chi connectivity index (χ0) is 18.4. The highest BCUT2D eigenvalue weighted by atomic mass is 16.5. The van der Waals surface area contributed by atoms with Crippen LogP contribution in [0.4, 0.5) is 5.69 Å². The first-order chi connectivity index (χ1) is 12.0. The predicted octanol–water partition coefficient (Wildman–Crippen LogP) is 4.12. The van der Waals surface area contributed by atoms with Crippen molar-refractivity contribution in [2.75, 3.05) is 19.5 Å². The van der Waals surface area contributed by atoms with Crippen LogP contribution in [0.2, 0.25) is 0 Å². The van der Waals surface area contributed by atoms with Crippen LogP contribution in [0.1, 0.15) is 24.5 Å². The van der Waals surface area contributed by atoms with Gasteiger partial charge in [-0.05, 0) is 49.6 Å². The third kappa shape index (κ3) is 4.66. The van der Waals surface area contributed by atoms with Gasteiger partial charge in [-0.3, -0.25) is 4.79 Å². The summed E-state index contributed by atoms with van der Waals surface area (Å²) in [5.41, 5.74) is 2.73. The topological polar surface area (TPSA) is 56.8 Å². The first-order valence-electron chi connectivity index (χ1n) is 8.25. The molecule has 0 saturated carbocycles. The number of nitrogens with one attached hydrogen (secondary N) is 1. The van der Waals surface area contributed by atoms with Crippen LogP contribution in [0, 0.1) is 13.8 Å². The Balaban J connectivity index is 2.13. The highest BCUT2D eigenvalue weighted by Gasteiger charge is 2.20. The van der Waals surface area contributed by atoms with Gasteiger partial charge >= 0.3 is 0 Å². The Morgan fingerprint density at radius 3 is 2.36 bits per heavy atom. The minimum atomic E-state index is -0.575. The summed E-state index contributed by atoms with van der Waals surface area (Å²) >= 11 is 0. The van der Waals surface area contributed by atoms with Gasteiger partial charge < -0.3 is 19.5 Å². The van der Waals surface area contributed by atoms with Gasteiger partial charge in [0.15, 0.2) is 17.6 Å². The van der Waals surface area contributed by atoms with E-state index in [2.05, 4.69) is 5.32 Å². The first kappa shape index (κ1) is 18.6. The van der Waals surface area contributed by atoms with Crippen LogP contribution in [-0.2, 0) is 4.79 Å². The zero-order valence-electron chi connectivity index (χ0n) is 15.4. The van der Waals surface area contributed by atoms with E-state index in [1.54, 1.807) is 32.4 Å². The number of aryl methyl sites for hydroxylation is 2. The molecule has 1 unspecified atom stereocenters. The van der Waals surface area contributed by atoms with Gasteiger partial charge in [-0.1, -0.05) is 19.1 Å². The lowest BCUT2D eigenvalue weighted by Crippen LogP contribution is -2.32. The van der Waals surface area contributed by atoms with Gasteiger partial charge in [0.05, 0.1) is 14.2 Å². The predicted molar refractivity (Wildman–Crippen MR) is 98.8 cm³/mol. The maximum Gasteiger partial charge on any atom is 0.265 e. The summed E-state index contributed by atoms with van der Waals surface area (Å²) in [4.78, 5) is 12.6. The summed E-state index contributed by atoms with van der Waals surface area (Å²) in [6.45, 7) is 5.88. The molecule has 0 saturated heterocycles. The van der Waals surface area contributed by atoms with E-state index in [0.29, 0.717) is 23.6 Å². The summed E-state index contributed by atoms with van der Waals surface area (Å²) in [6.07, 6.45) is -0.0134. The average molecular weight is 343 g/mol. The monoisotopic (exact) mass is 343 g/mol. The molecular weight excluding hydrogens is 318 g/mol. The molecule has 0 bridgehead atoms. The lowest BCUT2D eigenvalue weighted by atomic mass is 10.1. The largest absolute Gasteiger partial charge is 0.493 e. The molecule has 134 valence electrons. The Kier molecular flexibility index (Phi) is 6.28. The van der Waals surface area contributed by atoms with E-state index >= 15 is 0 Å². The minimum absolute atomic E-state index is 0.198. The maximum absolute atomic E-state index is 12.6. The minimum Gasteiger partial charge on any atom is -0.493 e. The van der Waals surface area contributed by atoms with E-state index in [1.165, 1.54) is 0 Å². The molecule has 2 aromatic carbocycles. The number of methoxy groups -OCH3 is 2. The second-order valence-electron chi connectivity index (χ2n) is 5.84. The van der Waals surface area contributed by atoms with Crippen molar-refractivity contribution in [3.63, 3.8) is 0 Å². The number of hydrogen-bond donors (Lipinski definition) is 1. The summed E-state index contributed by atoms with van der Waals surface area (Å²) in [5.74, 6) is 1.70. The molecule has 0 aliphatic heterocycles. The van der Waals surface area contributed by atoms with Crippen molar-refractivity contribution < 1.29 is 19.0 Å². The zero-order valence-corrected chi connectivity index (χ0v) is 15.4. The van der Waals surface area contributed by atoms with Gasteiger partial charge in [0.2, 0.25) is 0 Å². The van der Waals surface area contributed by atoms with E-state index in [1.807, 2.05) is 39.0 Å². The molecule has 25 heavy (non-hydrogen) atoms. The van der Waals surface area contributed by atoms with Crippen molar-refractivity contribution in [2.24, 2.45) is 0 Å². The number of amides is 1. The van der Waals surface area contributed by atoms with Crippen molar-refractivity contribution in [3.8, 4) is 17.2 Å². The van der Waals surface area contributed by atoms with Gasteiger partial charge in [-0.25, -0.2) is 0 Å². The van der Waals surface area contributed by atoms with Crippen molar-refractivity contribution in [1.29, 1.82) is 0 Å². The van der Waals surface area contributed by atoms with Gasteiger partial charge in [0.25, 0.3) is 5.91 Å². The molecule has 5 nitrogen and oxygen atoms in total. The molecule has 5 heteroatoms. The number of rotatable bonds is 7. The number of ether oxygens (including phenoxy) is 3. The van der Waals surface area contributed by atoms with Crippen molar-refractivity contribution >= 4 is 11.6 Å². The molecule has 0 radical (unpaired) electrons. The Bertz CT molecular complexity index is 742. The standard InChI is InChI=1S/C20H25NO4/c1-6-16(25-18-11-13(2)7-8-14(18)3)20(22)21-15-9-10-17(23-4)19(12-15)24-5/h7-12,16H,6H2,1-5H3,(H,21,22). The van der Waals surface area contributed by atoms with E-state index in [0.717, 1.165) is 16.9 Å². The van der Waals surface area contributed by atoms with Crippen molar-refractivity contribution in [3.05, 3.63) is 47.5 Å². The van der Waals surface area contributed by atoms with Crippen LogP contribution in [-0.4, -0.2) is 26.2 Å². The fourth-order valence-electron chi connectivity index (χ4n) is 2.45. The van der Waals surface area contributed by atoms with E-state index in [-0.39, 0.29) is 5.91 Å². The Morgan fingerprint density at radius 2 is 1.72 bits per heavy atom. The van der Waals surface area contributed by atoms with Crippen molar-refractivity contribution in [1.82, 2.24) is 0 Å². The molecule has 0 aliphatic carbocycles. The third-order valence-corrected chi connectivity index (χ3v) is 3.93. The molecule has 0 fully saturated rings. The summed E-state index contributed by atoms with van der Waals surface area (Å²) in [7, 11) is 3.13. The Morgan fingerprint density at radius 1 is 1.00 bits per heavy atom. The number of benzene rings is 2. The number of carbonyl (C=O) groups is 1. The van der Waals surface area contributed by atoms with Crippen LogP contribution in [0.5, 0.6) is 17.2 Å². The molecular formula is C20H25NO4. The molecule has 1 N–H and O–H groups in total. The summed E-state index contributed by atoms with van der Waals surface area (Å²) < 4.78 is 16.4. The van der Waals surface area contributed by atoms with Gasteiger partial charge in [0.1, 0.15) is 5.75 Å². The second-order valence-corrected chi connectivity index (χ2v) is 5.84. The number of hydrogen-bond acceptors (Lipinski definition) is 4. The van der Waals surface area contributed by atoms with E-state index in [9.17, 15) is 4.79 Å². The lowest BCUT2D eigenvalue weighted by molar-refractivity contribution is -0.122. The third-order valence-electron chi connectivity index (χ3n) is 3.93. The quantitative estimate of drug-likeness (QED) is 0.822. The van der Waals surface area contributed by atoms with Gasteiger partial charge in [-0.15, -0.1) is 0 Å². The Labute approximate surface area is 148 Å². The highest BCUT2D eigenvalue weighted by molar-refractivity contribution is 5.94. The smallest absolute Gasteiger partial charge is 0.265 e. The van der Waals surface area contributed by atoms with Crippen LogP contribution < -0.4 is 19.5 Å². The highest BCUT2D eigenvalue weighted by Crippen LogP contribution is 2.30. The lowest BCUT2D eigenvalue weighted by Gasteiger charge is -2.19. The number of anilines is 1. The average Bonchev–Trinajstić information content (AvgIpc) is 2.62. The fraction of sp³-hybridized carbons (Fsp3) is 0.350. The van der Waals surface area contributed by atoms with E-state index < -0.39 is 6.10 Å². The maximum atomic E-state index is 12.6. The Hall–Kier alpha value is -2.69. The fourth-order valence-corrected chi connectivity index (χ4v) is 2.45. The molecule has 2 aromatic rings. The molecule has 0 aliphatic rings. The van der Waals surface area contributed by atoms with Crippen LogP contribution in [0.3, 0.4) is 0 Å². The molecule has 2 rings (SSSR count). The summed E-state index contributed by atoms with van der Waals surface area (Å²) in [6, 6.07) is 11.2. The van der Waals surface area contributed by atoms with Crippen LogP contribution >= 0.6 is 0 Å². The van der Waals surface area contributed by atoms with Crippen LogP contribution in [0.15, 0.2) is 36.4 Å². The first-order valence-corrected chi connectivity index (χ1v) is 8.25. The molecule has 1 atom stereocenters. The normalized spacial score (nSPS) is 11.6. The van der Waals surface area contributed by atoms with Crippen molar-refractivity contribution in [2.45, 2.75) is 33.3 Å². The SMILES string of the molecule is CCC(Oc1cc(C)ccc1C)C(=O)Nc1ccc(OC)c(OC)c1. The van der Waals surface area contributed by atoms with E-state index in [4.69, 9.17) is 14.2 Å². The van der Waals surface area contributed by atoms with Gasteiger partial charge in [-0.2, -0.15) is 0 Å². The van der Waals surface area contributed by atoms with Gasteiger partial charge in [0, 0.05) is 11.8 Å².